The molecule has 0 bridgehead atoms. The lowest BCUT2D eigenvalue weighted by Crippen LogP contribution is -2.48. The summed E-state index contributed by atoms with van der Waals surface area (Å²) in [7, 11) is 0. The molecule has 0 aliphatic carbocycles. The quantitative estimate of drug-likeness (QED) is 0.172. The number of amides is 1. The van der Waals surface area contributed by atoms with Crippen LogP contribution in [0.4, 0.5) is 17.6 Å². The van der Waals surface area contributed by atoms with E-state index >= 15 is 0 Å². The summed E-state index contributed by atoms with van der Waals surface area (Å²) in [6.07, 6.45) is 0.399. The molecule has 1 amide bonds. The van der Waals surface area contributed by atoms with E-state index in [2.05, 4.69) is 5.32 Å². The summed E-state index contributed by atoms with van der Waals surface area (Å²) in [6, 6.07) is 5.08. The van der Waals surface area contributed by atoms with Crippen LogP contribution in [0.15, 0.2) is 41.3 Å². The third-order valence-corrected chi connectivity index (χ3v) is 6.56. The lowest BCUT2D eigenvalue weighted by atomic mass is 10.0. The molecule has 2 aromatic carbocycles. The van der Waals surface area contributed by atoms with Gasteiger partial charge in [-0.2, -0.15) is 14.0 Å². The van der Waals surface area contributed by atoms with Gasteiger partial charge in [-0.3, -0.25) is 19.2 Å². The Morgan fingerprint density at radius 3 is 2.35 bits per heavy atom. The van der Waals surface area contributed by atoms with Gasteiger partial charge >= 0.3 is 5.97 Å². The average molecular weight is 624 g/mol. The second-order valence-electron chi connectivity index (χ2n) is 10.1. The van der Waals surface area contributed by atoms with Crippen LogP contribution in [0, 0.1) is 34.6 Å². The maximum Gasteiger partial charge on any atom is 0.308 e. The van der Waals surface area contributed by atoms with Crippen LogP contribution in [-0.2, 0) is 19.1 Å². The molecule has 0 saturated heterocycles. The Labute approximate surface area is 247 Å². The van der Waals surface area contributed by atoms with Crippen molar-refractivity contribution in [2.24, 2.45) is 0 Å². The van der Waals surface area contributed by atoms with Crippen molar-refractivity contribution in [3.05, 3.63) is 75.2 Å². The average Bonchev–Trinajstić information content (AvgIpc) is 2.93. The minimum Gasteiger partial charge on any atom is -0.479 e. The van der Waals surface area contributed by atoms with Gasteiger partial charge in [0.2, 0.25) is 17.5 Å². The predicted octanol–water partition coefficient (Wildman–Crippen LogP) is 4.92. The Bertz CT molecular complexity index is 1640. The highest BCUT2D eigenvalue weighted by molar-refractivity contribution is 6.31. The number of esters is 1. The molecule has 2 atom stereocenters. The van der Waals surface area contributed by atoms with Gasteiger partial charge in [-0.05, 0) is 43.9 Å². The van der Waals surface area contributed by atoms with Crippen molar-refractivity contribution in [2.45, 2.75) is 57.7 Å². The number of halogens is 5. The number of ketones is 1. The first-order valence-electron chi connectivity index (χ1n) is 12.9. The van der Waals surface area contributed by atoms with Gasteiger partial charge in [-0.25, -0.2) is 8.78 Å². The summed E-state index contributed by atoms with van der Waals surface area (Å²) in [4.78, 5) is 52.3. The maximum atomic E-state index is 14.1. The molecule has 1 unspecified atom stereocenters. The molecule has 0 aliphatic rings. The van der Waals surface area contributed by atoms with Crippen molar-refractivity contribution in [2.75, 3.05) is 6.61 Å². The van der Waals surface area contributed by atoms with Gasteiger partial charge in [0.25, 0.3) is 5.56 Å². The zero-order valence-electron chi connectivity index (χ0n) is 23.2. The fraction of sp³-hybridized carbons (Fsp3) is 0.345. The second-order valence-corrected chi connectivity index (χ2v) is 10.5. The van der Waals surface area contributed by atoms with Crippen LogP contribution in [0.3, 0.4) is 0 Å². The molecule has 3 aromatic rings. The molecule has 0 saturated carbocycles. The first-order valence-corrected chi connectivity index (χ1v) is 13.2. The fourth-order valence-electron chi connectivity index (χ4n) is 4.16. The van der Waals surface area contributed by atoms with Gasteiger partial charge < -0.3 is 19.4 Å². The lowest BCUT2D eigenvalue weighted by molar-refractivity contribution is -0.157. The molecule has 0 spiro atoms. The van der Waals surface area contributed by atoms with Crippen LogP contribution in [0.25, 0.3) is 10.8 Å². The van der Waals surface area contributed by atoms with Crippen LogP contribution in [0.5, 0.6) is 5.75 Å². The highest BCUT2D eigenvalue weighted by Crippen LogP contribution is 2.27. The van der Waals surface area contributed by atoms with E-state index in [1.54, 1.807) is 25.1 Å². The lowest BCUT2D eigenvalue weighted by Gasteiger charge is -2.25. The number of nitrogens with one attached hydrogen (secondary N) is 1. The Morgan fingerprint density at radius 1 is 1.09 bits per heavy atom. The SMILES string of the molecule is CC[C@@H](C(=O)NC(CC(=O)OC(C)(C)CC#N)C(=O)COc1c(F)c(F)cc(F)c1F)n1ccc2ccc(Cl)cc2c1=O. The molecular weight excluding hydrogens is 598 g/mol. The number of nitrogens with zero attached hydrogens (tertiary/aromatic N) is 2. The molecule has 1 aromatic heterocycles. The smallest absolute Gasteiger partial charge is 0.308 e. The number of rotatable bonds is 12. The zero-order valence-corrected chi connectivity index (χ0v) is 23.9. The van der Waals surface area contributed by atoms with Crippen molar-refractivity contribution < 1.29 is 41.4 Å². The highest BCUT2D eigenvalue weighted by atomic mass is 35.5. The fourth-order valence-corrected chi connectivity index (χ4v) is 4.33. The number of benzene rings is 2. The minimum atomic E-state index is -1.90. The third kappa shape index (κ3) is 7.90. The molecule has 43 heavy (non-hydrogen) atoms. The molecule has 9 nitrogen and oxygen atoms in total. The Hall–Kier alpha value is -4.44. The van der Waals surface area contributed by atoms with Crippen molar-refractivity contribution in [1.82, 2.24) is 9.88 Å². The number of ether oxygens (including phenoxy) is 2. The van der Waals surface area contributed by atoms with Crippen molar-refractivity contribution >= 4 is 40.0 Å². The van der Waals surface area contributed by atoms with Gasteiger partial charge in [0.1, 0.15) is 24.3 Å². The minimum absolute atomic E-state index is 0.0467. The monoisotopic (exact) mass is 623 g/mol. The number of aromatic nitrogens is 1. The number of carbonyl (C=O) groups excluding carboxylic acids is 3. The summed E-state index contributed by atoms with van der Waals surface area (Å²) in [6.45, 7) is 3.23. The van der Waals surface area contributed by atoms with Gasteiger partial charge in [0.15, 0.2) is 23.2 Å². The first kappa shape index (κ1) is 33.1. The van der Waals surface area contributed by atoms with E-state index in [1.165, 1.54) is 26.1 Å². The third-order valence-electron chi connectivity index (χ3n) is 6.32. The van der Waals surface area contributed by atoms with Crippen LogP contribution in [0.1, 0.15) is 46.1 Å². The Kier molecular flexibility index (Phi) is 10.5. The van der Waals surface area contributed by atoms with Crippen molar-refractivity contribution in [3.63, 3.8) is 0 Å². The number of carbonyl (C=O) groups is 3. The first-order chi connectivity index (χ1) is 20.2. The molecule has 1 heterocycles. The van der Waals surface area contributed by atoms with Crippen LogP contribution >= 0.6 is 11.6 Å². The topological polar surface area (TPSA) is 127 Å². The van der Waals surface area contributed by atoms with Crippen molar-refractivity contribution in [1.29, 1.82) is 5.26 Å². The molecule has 14 heteroatoms. The largest absolute Gasteiger partial charge is 0.479 e. The van der Waals surface area contributed by atoms with Crippen molar-refractivity contribution in [3.8, 4) is 11.8 Å². The molecule has 1 N–H and O–H groups in total. The Morgan fingerprint density at radius 2 is 1.74 bits per heavy atom. The number of nitriles is 1. The van der Waals surface area contributed by atoms with E-state index in [9.17, 15) is 36.7 Å². The summed E-state index contributed by atoms with van der Waals surface area (Å²) in [5.41, 5.74) is -1.83. The normalized spacial score (nSPS) is 12.7. The molecule has 0 aliphatic heterocycles. The van der Waals surface area contributed by atoms with E-state index in [4.69, 9.17) is 26.3 Å². The van der Waals surface area contributed by atoms with Gasteiger partial charge in [0, 0.05) is 22.7 Å². The summed E-state index contributed by atoms with van der Waals surface area (Å²) in [5, 5.41) is 12.3. The Balaban J connectivity index is 1.90. The summed E-state index contributed by atoms with van der Waals surface area (Å²) in [5.74, 6) is -11.9. The number of hydrogen-bond acceptors (Lipinski definition) is 7. The van der Waals surface area contributed by atoms with Crippen LogP contribution in [0.2, 0.25) is 5.02 Å². The number of hydrogen-bond donors (Lipinski definition) is 1. The van der Waals surface area contributed by atoms with Gasteiger partial charge in [-0.15, -0.1) is 0 Å². The standard InChI is InChI=1S/C29H26ClF4N3O6/c1-4-21(37-10-7-15-5-6-16(30)11-17(15)28(37)41)27(40)36-20(13-23(39)43-29(2,3)8-9-35)22(38)14-42-26-24(33)18(31)12-19(32)25(26)34/h5-7,10-12,20-21H,4,8,13-14H2,1-3H3,(H,36,40)/t20?,21-/m0/s1. The molecule has 0 fully saturated rings. The van der Waals surface area contributed by atoms with E-state index in [0.29, 0.717) is 5.39 Å². The van der Waals surface area contributed by atoms with Gasteiger partial charge in [-0.1, -0.05) is 24.6 Å². The molecule has 228 valence electrons. The van der Waals surface area contributed by atoms with E-state index in [1.807, 2.05) is 6.07 Å². The molecule has 3 rings (SSSR count). The highest BCUT2D eigenvalue weighted by Gasteiger charge is 2.32. The summed E-state index contributed by atoms with van der Waals surface area (Å²) >= 11 is 6.02. The second kappa shape index (κ2) is 13.7. The maximum absolute atomic E-state index is 14.1. The van der Waals surface area contributed by atoms with Crippen LogP contribution < -0.4 is 15.6 Å². The number of fused-ring (bicyclic) bond motifs is 1. The number of Topliss-reactive ketones (excluding diaryl/α,β-unsaturated/α-hetero) is 1. The van der Waals surface area contributed by atoms with E-state index in [0.717, 1.165) is 4.57 Å². The van der Waals surface area contributed by atoms with E-state index < -0.39 is 82.9 Å². The zero-order chi connectivity index (χ0) is 32.1. The summed E-state index contributed by atoms with van der Waals surface area (Å²) < 4.78 is 66.4. The van der Waals surface area contributed by atoms with E-state index in [-0.39, 0.29) is 29.3 Å². The van der Waals surface area contributed by atoms with Crippen LogP contribution in [-0.4, -0.2) is 40.5 Å². The molecular formula is C29H26ClF4N3O6. The molecule has 0 radical (unpaired) electrons. The predicted molar refractivity (Wildman–Crippen MR) is 146 cm³/mol. The van der Waals surface area contributed by atoms with Gasteiger partial charge in [0.05, 0.1) is 18.9 Å². The number of pyridine rings is 1.